The van der Waals surface area contributed by atoms with E-state index in [1.54, 1.807) is 13.0 Å². The lowest BCUT2D eigenvalue weighted by Crippen LogP contribution is -2.41. The fourth-order valence-electron chi connectivity index (χ4n) is 3.47. The molecule has 160 valence electrons. The molecular weight excluding hydrogens is 409 g/mol. The van der Waals surface area contributed by atoms with Gasteiger partial charge < -0.3 is 4.74 Å². The van der Waals surface area contributed by atoms with Gasteiger partial charge in [0.2, 0.25) is 10.0 Å². The molecule has 0 spiro atoms. The van der Waals surface area contributed by atoms with Gasteiger partial charge in [-0.3, -0.25) is 4.79 Å². The van der Waals surface area contributed by atoms with E-state index < -0.39 is 34.2 Å². The Morgan fingerprint density at radius 2 is 1.83 bits per heavy atom. The largest absolute Gasteiger partial charge is 0.454 e. The van der Waals surface area contributed by atoms with Crippen LogP contribution in [0.4, 0.5) is 4.39 Å². The Morgan fingerprint density at radius 3 is 2.50 bits per heavy atom. The lowest BCUT2D eigenvalue weighted by atomic mass is 10.1. The van der Waals surface area contributed by atoms with Crippen LogP contribution in [0, 0.1) is 12.7 Å². The summed E-state index contributed by atoms with van der Waals surface area (Å²) in [4.78, 5) is 24.7. The topological polar surface area (TPSA) is 80.8 Å². The summed E-state index contributed by atoms with van der Waals surface area (Å²) < 4.78 is 45.6. The SMILES string of the molecule is Cc1ccc(S(=O)(=O)N2CCCCC2C)cc1C(=O)OCC(=O)c1ccc(F)cc1. The molecule has 1 saturated heterocycles. The van der Waals surface area contributed by atoms with E-state index in [-0.39, 0.29) is 22.1 Å². The first kappa shape index (κ1) is 22.1. The third-order valence-corrected chi connectivity index (χ3v) is 7.29. The number of carbonyl (C=O) groups is 2. The van der Waals surface area contributed by atoms with Crippen molar-refractivity contribution in [3.05, 3.63) is 65.0 Å². The molecule has 0 N–H and O–H groups in total. The highest BCUT2D eigenvalue weighted by Gasteiger charge is 2.31. The van der Waals surface area contributed by atoms with Crippen LogP contribution in [0.3, 0.4) is 0 Å². The van der Waals surface area contributed by atoms with E-state index in [1.807, 2.05) is 6.92 Å². The number of esters is 1. The van der Waals surface area contributed by atoms with E-state index in [2.05, 4.69) is 0 Å². The molecule has 0 radical (unpaired) electrons. The molecule has 30 heavy (non-hydrogen) atoms. The second-order valence-electron chi connectivity index (χ2n) is 7.44. The van der Waals surface area contributed by atoms with Crippen LogP contribution in [0.1, 0.15) is 52.5 Å². The molecule has 0 bridgehead atoms. The standard InChI is InChI=1S/C22H24FNO5S/c1-15-6-11-19(30(27,28)24-12-4-3-5-16(24)2)13-20(15)22(26)29-14-21(25)17-7-9-18(23)10-8-17/h6-11,13,16H,3-5,12,14H2,1-2H3. The Morgan fingerprint density at radius 1 is 1.13 bits per heavy atom. The smallest absolute Gasteiger partial charge is 0.338 e. The molecule has 1 heterocycles. The molecule has 0 aliphatic carbocycles. The number of piperidine rings is 1. The molecule has 8 heteroatoms. The molecule has 0 aromatic heterocycles. The molecule has 0 saturated carbocycles. The Kier molecular flexibility index (Phi) is 6.67. The molecule has 1 unspecified atom stereocenters. The van der Waals surface area contributed by atoms with Crippen molar-refractivity contribution >= 4 is 21.8 Å². The second-order valence-corrected chi connectivity index (χ2v) is 9.33. The number of nitrogens with zero attached hydrogens (tertiary/aromatic N) is 1. The fraction of sp³-hybridized carbons (Fsp3) is 0.364. The third kappa shape index (κ3) is 4.76. The number of hydrogen-bond donors (Lipinski definition) is 0. The molecule has 1 aliphatic rings. The number of halogens is 1. The van der Waals surface area contributed by atoms with Crippen molar-refractivity contribution in [2.75, 3.05) is 13.2 Å². The number of sulfonamides is 1. The molecule has 3 rings (SSSR count). The van der Waals surface area contributed by atoms with Crippen LogP contribution >= 0.6 is 0 Å². The van der Waals surface area contributed by atoms with Gasteiger partial charge in [-0.1, -0.05) is 12.5 Å². The minimum atomic E-state index is -3.74. The minimum Gasteiger partial charge on any atom is -0.454 e. The first-order chi connectivity index (χ1) is 14.2. The zero-order valence-electron chi connectivity index (χ0n) is 16.9. The van der Waals surface area contributed by atoms with E-state index in [0.29, 0.717) is 12.1 Å². The van der Waals surface area contributed by atoms with Crippen molar-refractivity contribution in [2.24, 2.45) is 0 Å². The zero-order chi connectivity index (χ0) is 21.9. The normalized spacial score (nSPS) is 17.5. The monoisotopic (exact) mass is 433 g/mol. The molecule has 2 aromatic rings. The number of ketones is 1. The van der Waals surface area contributed by atoms with Gasteiger partial charge in [-0.2, -0.15) is 4.31 Å². The van der Waals surface area contributed by atoms with Crippen LogP contribution in [0.2, 0.25) is 0 Å². The zero-order valence-corrected chi connectivity index (χ0v) is 17.7. The molecule has 6 nitrogen and oxygen atoms in total. The van der Waals surface area contributed by atoms with E-state index in [4.69, 9.17) is 4.74 Å². The second kappa shape index (κ2) is 9.06. The summed E-state index contributed by atoms with van der Waals surface area (Å²) in [5, 5.41) is 0. The van der Waals surface area contributed by atoms with Crippen molar-refractivity contribution in [1.82, 2.24) is 4.31 Å². The number of ether oxygens (including phenoxy) is 1. The molecule has 0 amide bonds. The van der Waals surface area contributed by atoms with E-state index >= 15 is 0 Å². The highest BCUT2D eigenvalue weighted by Crippen LogP contribution is 2.26. The number of carbonyl (C=O) groups excluding carboxylic acids is 2. The van der Waals surface area contributed by atoms with Gasteiger partial charge in [-0.05, 0) is 68.7 Å². The van der Waals surface area contributed by atoms with Crippen molar-refractivity contribution in [3.63, 3.8) is 0 Å². The average molecular weight is 434 g/mol. The molecule has 1 aliphatic heterocycles. The van der Waals surface area contributed by atoms with Crippen LogP contribution in [-0.4, -0.2) is 43.7 Å². The number of aryl methyl sites for hydroxylation is 1. The van der Waals surface area contributed by atoms with Crippen LogP contribution in [0.5, 0.6) is 0 Å². The average Bonchev–Trinajstić information content (AvgIpc) is 2.72. The Labute approximate surface area is 175 Å². The first-order valence-corrected chi connectivity index (χ1v) is 11.2. The number of hydrogen-bond acceptors (Lipinski definition) is 5. The van der Waals surface area contributed by atoms with Gasteiger partial charge in [0.05, 0.1) is 10.5 Å². The van der Waals surface area contributed by atoms with Gasteiger partial charge in [0.1, 0.15) is 5.82 Å². The van der Waals surface area contributed by atoms with Crippen LogP contribution in [0.25, 0.3) is 0 Å². The van der Waals surface area contributed by atoms with Crippen molar-refractivity contribution in [1.29, 1.82) is 0 Å². The summed E-state index contributed by atoms with van der Waals surface area (Å²) in [5.74, 6) is -1.74. The van der Waals surface area contributed by atoms with Gasteiger partial charge in [0.25, 0.3) is 0 Å². The summed E-state index contributed by atoms with van der Waals surface area (Å²) in [6.07, 6.45) is 2.59. The number of rotatable bonds is 6. The van der Waals surface area contributed by atoms with Gasteiger partial charge in [0.15, 0.2) is 12.4 Å². The van der Waals surface area contributed by atoms with Gasteiger partial charge in [-0.25, -0.2) is 17.6 Å². The van der Waals surface area contributed by atoms with Gasteiger partial charge >= 0.3 is 5.97 Å². The van der Waals surface area contributed by atoms with E-state index in [1.165, 1.54) is 28.6 Å². The third-order valence-electron chi connectivity index (χ3n) is 5.28. The predicted molar refractivity (Wildman–Crippen MR) is 109 cm³/mol. The summed E-state index contributed by atoms with van der Waals surface area (Å²) in [6.45, 7) is 3.47. The van der Waals surface area contributed by atoms with Crippen LogP contribution < -0.4 is 0 Å². The molecule has 1 fully saturated rings. The number of Topliss-reactive ketones (excluding diaryl/α,β-unsaturated/α-hetero) is 1. The first-order valence-electron chi connectivity index (χ1n) is 9.78. The maximum atomic E-state index is 13.1. The molecule has 1 atom stereocenters. The quantitative estimate of drug-likeness (QED) is 0.512. The molecule has 2 aromatic carbocycles. The van der Waals surface area contributed by atoms with E-state index in [9.17, 15) is 22.4 Å². The maximum absolute atomic E-state index is 13.1. The summed E-state index contributed by atoms with van der Waals surface area (Å²) in [7, 11) is -3.74. The van der Waals surface area contributed by atoms with Crippen molar-refractivity contribution < 1.29 is 27.1 Å². The number of benzene rings is 2. The lowest BCUT2D eigenvalue weighted by Gasteiger charge is -2.32. The highest BCUT2D eigenvalue weighted by molar-refractivity contribution is 7.89. The van der Waals surface area contributed by atoms with E-state index in [0.717, 1.165) is 31.4 Å². The maximum Gasteiger partial charge on any atom is 0.338 e. The Bertz CT molecular complexity index is 1050. The Balaban J connectivity index is 1.76. The van der Waals surface area contributed by atoms with Crippen molar-refractivity contribution in [3.8, 4) is 0 Å². The van der Waals surface area contributed by atoms with Gasteiger partial charge in [0, 0.05) is 18.2 Å². The van der Waals surface area contributed by atoms with Crippen molar-refractivity contribution in [2.45, 2.75) is 44.0 Å². The highest BCUT2D eigenvalue weighted by atomic mass is 32.2. The lowest BCUT2D eigenvalue weighted by molar-refractivity contribution is 0.0473. The van der Waals surface area contributed by atoms with Gasteiger partial charge in [-0.15, -0.1) is 0 Å². The molecular formula is C22H24FNO5S. The van der Waals surface area contributed by atoms with Crippen LogP contribution in [0.15, 0.2) is 47.4 Å². The Hall–Kier alpha value is -2.58. The minimum absolute atomic E-state index is 0.0265. The predicted octanol–water partition coefficient (Wildman–Crippen LogP) is 3.74. The summed E-state index contributed by atoms with van der Waals surface area (Å²) >= 11 is 0. The fourth-order valence-corrected chi connectivity index (χ4v) is 5.20. The summed E-state index contributed by atoms with van der Waals surface area (Å²) in [5.41, 5.74) is 0.851. The van der Waals surface area contributed by atoms with Crippen LogP contribution in [-0.2, 0) is 14.8 Å². The summed E-state index contributed by atoms with van der Waals surface area (Å²) in [6, 6.07) is 9.15.